The first-order chi connectivity index (χ1) is 11.1. The minimum absolute atomic E-state index is 0. The van der Waals surface area contributed by atoms with Gasteiger partial charge in [0.05, 0.1) is 5.02 Å². The Balaban J connectivity index is 0.00000208. The molecule has 0 spiro atoms. The quantitative estimate of drug-likeness (QED) is 0.862. The Morgan fingerprint density at radius 2 is 2.17 bits per heavy atom. The van der Waals surface area contributed by atoms with Crippen LogP contribution in [0.4, 0.5) is 0 Å². The standard InChI is InChI=1S/C17H20ClN3O2.ClH/c1-10-15(17(22)20-14-8-4-5-11(14)9-19)16(21-23-10)12-6-2-3-7-13(12)18;/h2-3,6-7,11,14H,4-5,8-9,19H2,1H3,(H,20,22);1H. The van der Waals surface area contributed by atoms with Crippen LogP contribution in [-0.4, -0.2) is 23.7 Å². The molecule has 2 aromatic rings. The Morgan fingerprint density at radius 1 is 1.42 bits per heavy atom. The maximum absolute atomic E-state index is 12.8. The maximum atomic E-state index is 12.8. The van der Waals surface area contributed by atoms with E-state index in [0.717, 1.165) is 19.3 Å². The van der Waals surface area contributed by atoms with E-state index >= 15 is 0 Å². The predicted octanol–water partition coefficient (Wildman–Crippen LogP) is 3.58. The number of benzene rings is 1. The van der Waals surface area contributed by atoms with Gasteiger partial charge in [0.15, 0.2) is 0 Å². The Bertz CT molecular complexity index is 718. The number of rotatable bonds is 4. The summed E-state index contributed by atoms with van der Waals surface area (Å²) in [7, 11) is 0. The Morgan fingerprint density at radius 3 is 2.88 bits per heavy atom. The van der Waals surface area contributed by atoms with Crippen molar-refractivity contribution in [1.29, 1.82) is 0 Å². The van der Waals surface area contributed by atoms with E-state index in [9.17, 15) is 4.79 Å². The van der Waals surface area contributed by atoms with Gasteiger partial charge in [-0.3, -0.25) is 4.79 Å². The monoisotopic (exact) mass is 369 g/mol. The molecule has 1 heterocycles. The van der Waals surface area contributed by atoms with Crippen LogP contribution in [0.5, 0.6) is 0 Å². The van der Waals surface area contributed by atoms with Gasteiger partial charge in [-0.2, -0.15) is 0 Å². The number of aryl methyl sites for hydroxylation is 1. The fourth-order valence-corrected chi connectivity index (χ4v) is 3.45. The molecule has 7 heteroatoms. The Labute approximate surface area is 152 Å². The highest BCUT2D eigenvalue weighted by Gasteiger charge is 2.30. The third-order valence-corrected chi connectivity index (χ3v) is 4.83. The molecule has 2 atom stereocenters. The Hall–Kier alpha value is -1.56. The molecule has 1 fully saturated rings. The number of carbonyl (C=O) groups is 1. The molecule has 1 aliphatic carbocycles. The molecule has 3 rings (SSSR count). The summed E-state index contributed by atoms with van der Waals surface area (Å²) in [5.74, 6) is 0.645. The SMILES string of the molecule is Cc1onc(-c2ccccc2Cl)c1C(=O)NC1CCCC1CN.Cl. The van der Waals surface area contributed by atoms with E-state index < -0.39 is 0 Å². The van der Waals surface area contributed by atoms with E-state index in [1.807, 2.05) is 18.2 Å². The summed E-state index contributed by atoms with van der Waals surface area (Å²) in [5.41, 5.74) is 7.41. The molecule has 0 bridgehead atoms. The second-order valence-corrected chi connectivity index (χ2v) is 6.36. The molecule has 1 saturated carbocycles. The van der Waals surface area contributed by atoms with E-state index in [0.29, 0.717) is 40.1 Å². The van der Waals surface area contributed by atoms with Crippen LogP contribution in [0.25, 0.3) is 11.3 Å². The summed E-state index contributed by atoms with van der Waals surface area (Å²) < 4.78 is 5.25. The first kappa shape index (κ1) is 18.8. The highest BCUT2D eigenvalue weighted by molar-refractivity contribution is 6.33. The van der Waals surface area contributed by atoms with Crippen molar-refractivity contribution < 1.29 is 9.32 Å². The Kier molecular flexibility index (Phi) is 6.27. The maximum Gasteiger partial charge on any atom is 0.257 e. The van der Waals surface area contributed by atoms with Gasteiger partial charge in [-0.1, -0.05) is 41.4 Å². The summed E-state index contributed by atoms with van der Waals surface area (Å²) in [6.07, 6.45) is 3.10. The lowest BCUT2D eigenvalue weighted by Crippen LogP contribution is -2.40. The van der Waals surface area contributed by atoms with Crippen LogP contribution in [0.2, 0.25) is 5.02 Å². The van der Waals surface area contributed by atoms with E-state index in [4.69, 9.17) is 21.9 Å². The number of nitrogens with two attached hydrogens (primary N) is 1. The molecule has 2 unspecified atom stereocenters. The van der Waals surface area contributed by atoms with Gasteiger partial charge in [0.25, 0.3) is 5.91 Å². The van der Waals surface area contributed by atoms with Crippen LogP contribution < -0.4 is 11.1 Å². The van der Waals surface area contributed by atoms with E-state index in [2.05, 4.69) is 10.5 Å². The van der Waals surface area contributed by atoms with E-state index in [1.165, 1.54) is 0 Å². The highest BCUT2D eigenvalue weighted by Crippen LogP contribution is 2.32. The van der Waals surface area contributed by atoms with E-state index in [-0.39, 0.29) is 24.4 Å². The first-order valence-corrected chi connectivity index (χ1v) is 8.21. The molecular formula is C17H21Cl2N3O2. The average Bonchev–Trinajstić information content (AvgIpc) is 3.14. The van der Waals surface area contributed by atoms with Gasteiger partial charge in [-0.15, -0.1) is 12.4 Å². The molecule has 1 aromatic carbocycles. The lowest BCUT2D eigenvalue weighted by Gasteiger charge is -2.19. The normalized spacial score (nSPS) is 19.8. The van der Waals surface area contributed by atoms with Crippen LogP contribution in [-0.2, 0) is 0 Å². The van der Waals surface area contributed by atoms with Crippen molar-refractivity contribution in [2.75, 3.05) is 6.54 Å². The lowest BCUT2D eigenvalue weighted by atomic mass is 10.0. The number of halogens is 2. The smallest absolute Gasteiger partial charge is 0.257 e. The zero-order valence-corrected chi connectivity index (χ0v) is 15.0. The zero-order chi connectivity index (χ0) is 16.4. The molecule has 130 valence electrons. The molecular weight excluding hydrogens is 349 g/mol. The lowest BCUT2D eigenvalue weighted by molar-refractivity contribution is 0.0928. The number of nitrogens with zero attached hydrogens (tertiary/aromatic N) is 1. The van der Waals surface area contributed by atoms with Crippen LogP contribution in [0.15, 0.2) is 28.8 Å². The molecule has 5 nitrogen and oxygen atoms in total. The number of hydrogen-bond donors (Lipinski definition) is 2. The summed E-state index contributed by atoms with van der Waals surface area (Å²) in [5, 5.41) is 7.66. The molecule has 0 saturated heterocycles. The molecule has 1 amide bonds. The molecule has 1 aromatic heterocycles. The highest BCUT2D eigenvalue weighted by atomic mass is 35.5. The van der Waals surface area contributed by atoms with Gasteiger partial charge in [0.2, 0.25) is 0 Å². The number of aromatic nitrogens is 1. The summed E-state index contributed by atoms with van der Waals surface area (Å²) in [4.78, 5) is 12.8. The largest absolute Gasteiger partial charge is 0.360 e. The van der Waals surface area contributed by atoms with Crippen molar-refractivity contribution in [3.63, 3.8) is 0 Å². The van der Waals surface area contributed by atoms with Gasteiger partial charge in [-0.05, 0) is 38.3 Å². The fraction of sp³-hybridized carbons (Fsp3) is 0.412. The summed E-state index contributed by atoms with van der Waals surface area (Å²) >= 11 is 6.23. The predicted molar refractivity (Wildman–Crippen MR) is 96.6 cm³/mol. The van der Waals surface area contributed by atoms with Gasteiger partial charge in [-0.25, -0.2) is 0 Å². The third kappa shape index (κ3) is 3.58. The molecule has 3 N–H and O–H groups in total. The van der Waals surface area contributed by atoms with Crippen molar-refractivity contribution in [2.24, 2.45) is 11.7 Å². The molecule has 24 heavy (non-hydrogen) atoms. The van der Waals surface area contributed by atoms with Crippen molar-refractivity contribution in [3.05, 3.63) is 40.6 Å². The minimum Gasteiger partial charge on any atom is -0.360 e. The van der Waals surface area contributed by atoms with Gasteiger partial charge < -0.3 is 15.6 Å². The van der Waals surface area contributed by atoms with Crippen LogP contribution in [0.1, 0.15) is 35.4 Å². The fourth-order valence-electron chi connectivity index (χ4n) is 3.23. The second kappa shape index (κ2) is 8.01. The second-order valence-electron chi connectivity index (χ2n) is 5.95. The first-order valence-electron chi connectivity index (χ1n) is 7.84. The van der Waals surface area contributed by atoms with Crippen molar-refractivity contribution in [3.8, 4) is 11.3 Å². The van der Waals surface area contributed by atoms with E-state index in [1.54, 1.807) is 13.0 Å². The van der Waals surface area contributed by atoms with Crippen molar-refractivity contribution in [2.45, 2.75) is 32.2 Å². The van der Waals surface area contributed by atoms with Gasteiger partial charge in [0, 0.05) is 11.6 Å². The summed E-state index contributed by atoms with van der Waals surface area (Å²) in [6, 6.07) is 7.40. The average molecular weight is 370 g/mol. The number of nitrogens with one attached hydrogen (secondary N) is 1. The van der Waals surface area contributed by atoms with Crippen LogP contribution in [0.3, 0.4) is 0 Å². The number of amides is 1. The van der Waals surface area contributed by atoms with Crippen LogP contribution >= 0.6 is 24.0 Å². The molecule has 1 aliphatic rings. The zero-order valence-electron chi connectivity index (χ0n) is 13.4. The minimum atomic E-state index is -0.177. The summed E-state index contributed by atoms with van der Waals surface area (Å²) in [6.45, 7) is 2.32. The molecule has 0 radical (unpaired) electrons. The third-order valence-electron chi connectivity index (χ3n) is 4.50. The topological polar surface area (TPSA) is 81.2 Å². The number of hydrogen-bond acceptors (Lipinski definition) is 4. The van der Waals surface area contributed by atoms with Crippen molar-refractivity contribution >= 4 is 29.9 Å². The van der Waals surface area contributed by atoms with Gasteiger partial charge >= 0.3 is 0 Å². The van der Waals surface area contributed by atoms with Crippen molar-refractivity contribution in [1.82, 2.24) is 10.5 Å². The van der Waals surface area contributed by atoms with Crippen LogP contribution in [0, 0.1) is 12.8 Å². The van der Waals surface area contributed by atoms with Gasteiger partial charge in [0.1, 0.15) is 17.0 Å². The number of carbonyl (C=O) groups excluding carboxylic acids is 1. The molecule has 0 aliphatic heterocycles.